The maximum absolute atomic E-state index is 12.3. The average Bonchev–Trinajstić information content (AvgIpc) is 2.64. The van der Waals surface area contributed by atoms with Crippen LogP contribution in [0.2, 0.25) is 0 Å². The Morgan fingerprint density at radius 1 is 1.20 bits per heavy atom. The summed E-state index contributed by atoms with van der Waals surface area (Å²) in [7, 11) is 0. The van der Waals surface area contributed by atoms with Crippen molar-refractivity contribution in [2.75, 3.05) is 25.0 Å². The Labute approximate surface area is 146 Å². The summed E-state index contributed by atoms with van der Waals surface area (Å²) >= 11 is 0. The zero-order valence-corrected chi connectivity index (χ0v) is 13.9. The first-order chi connectivity index (χ1) is 12.1. The Morgan fingerprint density at radius 2 is 1.84 bits per heavy atom. The van der Waals surface area contributed by atoms with Gasteiger partial charge in [-0.05, 0) is 55.5 Å². The van der Waals surface area contributed by atoms with Gasteiger partial charge in [-0.2, -0.15) is 5.26 Å². The molecule has 1 unspecified atom stereocenters. The van der Waals surface area contributed by atoms with Gasteiger partial charge < -0.3 is 19.7 Å². The standard InChI is InChI=1S/C19H19N3O3/c1-14-13-22(10-11-24-14)19(23)21-16-4-8-18(9-5-16)25-17-6-2-15(12-20)3-7-17/h2-9,14H,10-11,13H2,1H3,(H,21,23). The fourth-order valence-electron chi connectivity index (χ4n) is 2.55. The highest BCUT2D eigenvalue weighted by atomic mass is 16.5. The van der Waals surface area contributed by atoms with Crippen LogP contribution in [0, 0.1) is 11.3 Å². The van der Waals surface area contributed by atoms with Crippen LogP contribution in [0.1, 0.15) is 12.5 Å². The van der Waals surface area contributed by atoms with Gasteiger partial charge in [0.2, 0.25) is 0 Å². The van der Waals surface area contributed by atoms with Crippen LogP contribution in [0.5, 0.6) is 11.5 Å². The van der Waals surface area contributed by atoms with Crippen molar-refractivity contribution in [3.8, 4) is 17.6 Å². The number of anilines is 1. The van der Waals surface area contributed by atoms with E-state index >= 15 is 0 Å². The molecule has 2 amide bonds. The summed E-state index contributed by atoms with van der Waals surface area (Å²) in [6.07, 6.45) is 0.0581. The van der Waals surface area contributed by atoms with Crippen LogP contribution in [0.15, 0.2) is 48.5 Å². The van der Waals surface area contributed by atoms with E-state index < -0.39 is 0 Å². The van der Waals surface area contributed by atoms with Gasteiger partial charge in [0.25, 0.3) is 0 Å². The maximum Gasteiger partial charge on any atom is 0.322 e. The summed E-state index contributed by atoms with van der Waals surface area (Å²) in [6, 6.07) is 16.0. The van der Waals surface area contributed by atoms with Crippen molar-refractivity contribution in [2.24, 2.45) is 0 Å². The molecule has 1 saturated heterocycles. The molecule has 0 spiro atoms. The van der Waals surface area contributed by atoms with Crippen molar-refractivity contribution in [1.29, 1.82) is 5.26 Å². The molecule has 1 heterocycles. The van der Waals surface area contributed by atoms with Gasteiger partial charge in [0.1, 0.15) is 11.5 Å². The Balaban J connectivity index is 1.58. The Bertz CT molecular complexity index is 766. The van der Waals surface area contributed by atoms with Crippen LogP contribution in [-0.4, -0.2) is 36.7 Å². The summed E-state index contributed by atoms with van der Waals surface area (Å²) in [6.45, 7) is 3.70. The highest BCUT2D eigenvalue weighted by Gasteiger charge is 2.21. The molecule has 1 fully saturated rings. The van der Waals surface area contributed by atoms with E-state index in [2.05, 4.69) is 11.4 Å². The molecule has 6 heteroatoms. The van der Waals surface area contributed by atoms with Gasteiger partial charge in [-0.1, -0.05) is 0 Å². The lowest BCUT2D eigenvalue weighted by Gasteiger charge is -2.31. The number of nitriles is 1. The average molecular weight is 337 g/mol. The Hall–Kier alpha value is -3.04. The third-order valence-electron chi connectivity index (χ3n) is 3.85. The summed E-state index contributed by atoms with van der Waals surface area (Å²) in [5.74, 6) is 1.31. The molecular weight excluding hydrogens is 318 g/mol. The van der Waals surface area contributed by atoms with Crippen molar-refractivity contribution in [2.45, 2.75) is 13.0 Å². The largest absolute Gasteiger partial charge is 0.457 e. The smallest absolute Gasteiger partial charge is 0.322 e. The molecule has 0 bridgehead atoms. The summed E-state index contributed by atoms with van der Waals surface area (Å²) in [4.78, 5) is 14.0. The van der Waals surface area contributed by atoms with Crippen LogP contribution < -0.4 is 10.1 Å². The highest BCUT2D eigenvalue weighted by molar-refractivity contribution is 5.89. The second kappa shape index (κ2) is 7.69. The van der Waals surface area contributed by atoms with Gasteiger partial charge in [0, 0.05) is 18.8 Å². The number of benzene rings is 2. The number of carbonyl (C=O) groups excluding carboxylic acids is 1. The minimum Gasteiger partial charge on any atom is -0.457 e. The molecule has 2 aromatic rings. The fraction of sp³-hybridized carbons (Fsp3) is 0.263. The first-order valence-electron chi connectivity index (χ1n) is 8.09. The SMILES string of the molecule is CC1CN(C(=O)Nc2ccc(Oc3ccc(C#N)cc3)cc2)CCO1. The van der Waals surface area contributed by atoms with Gasteiger partial charge in [-0.3, -0.25) is 0 Å². The van der Waals surface area contributed by atoms with Gasteiger partial charge >= 0.3 is 6.03 Å². The number of nitrogens with one attached hydrogen (secondary N) is 1. The number of morpholine rings is 1. The highest BCUT2D eigenvalue weighted by Crippen LogP contribution is 2.23. The molecule has 0 aliphatic carbocycles. The van der Waals surface area contributed by atoms with Crippen molar-refractivity contribution in [3.05, 3.63) is 54.1 Å². The van der Waals surface area contributed by atoms with E-state index in [-0.39, 0.29) is 12.1 Å². The number of ether oxygens (including phenoxy) is 2. The second-order valence-corrected chi connectivity index (χ2v) is 5.82. The predicted molar refractivity (Wildman–Crippen MR) is 93.7 cm³/mol. The van der Waals surface area contributed by atoms with Crippen LogP contribution in [0.3, 0.4) is 0 Å². The molecule has 2 aromatic carbocycles. The van der Waals surface area contributed by atoms with Crippen molar-refractivity contribution >= 4 is 11.7 Å². The minimum atomic E-state index is -0.129. The Kier molecular flexibility index (Phi) is 5.17. The molecule has 6 nitrogen and oxygen atoms in total. The molecule has 128 valence electrons. The van der Waals surface area contributed by atoms with Crippen LogP contribution in [0.4, 0.5) is 10.5 Å². The van der Waals surface area contributed by atoms with Crippen LogP contribution in [-0.2, 0) is 4.74 Å². The molecule has 1 aliphatic heterocycles. The van der Waals surface area contributed by atoms with E-state index in [1.165, 1.54) is 0 Å². The molecule has 1 N–H and O–H groups in total. The van der Waals surface area contributed by atoms with Gasteiger partial charge in [-0.15, -0.1) is 0 Å². The molecule has 25 heavy (non-hydrogen) atoms. The third kappa shape index (κ3) is 4.49. The fourth-order valence-corrected chi connectivity index (χ4v) is 2.55. The van der Waals surface area contributed by atoms with E-state index in [9.17, 15) is 4.79 Å². The molecule has 0 saturated carbocycles. The van der Waals surface area contributed by atoms with Crippen LogP contribution in [0.25, 0.3) is 0 Å². The number of hydrogen-bond donors (Lipinski definition) is 1. The second-order valence-electron chi connectivity index (χ2n) is 5.82. The molecule has 0 aromatic heterocycles. The normalized spacial score (nSPS) is 16.8. The first-order valence-corrected chi connectivity index (χ1v) is 8.09. The molecule has 3 rings (SSSR count). The lowest BCUT2D eigenvalue weighted by molar-refractivity contribution is -0.00138. The summed E-state index contributed by atoms with van der Waals surface area (Å²) in [5.41, 5.74) is 1.29. The molecule has 0 radical (unpaired) electrons. The Morgan fingerprint density at radius 3 is 2.44 bits per heavy atom. The van der Waals surface area contributed by atoms with E-state index in [1.807, 2.05) is 6.92 Å². The van der Waals surface area contributed by atoms with Gasteiger partial charge in [0.15, 0.2) is 0 Å². The lowest BCUT2D eigenvalue weighted by Crippen LogP contribution is -2.46. The van der Waals surface area contributed by atoms with Gasteiger partial charge in [-0.25, -0.2) is 4.79 Å². The minimum absolute atomic E-state index is 0.0581. The topological polar surface area (TPSA) is 74.6 Å². The number of amides is 2. The number of rotatable bonds is 3. The van der Waals surface area contributed by atoms with Crippen molar-refractivity contribution < 1.29 is 14.3 Å². The number of carbonyl (C=O) groups is 1. The number of hydrogen-bond acceptors (Lipinski definition) is 4. The summed E-state index contributed by atoms with van der Waals surface area (Å²) < 4.78 is 11.2. The van der Waals surface area contributed by atoms with Gasteiger partial charge in [0.05, 0.1) is 24.3 Å². The van der Waals surface area contributed by atoms with Crippen LogP contribution >= 0.6 is 0 Å². The van der Waals surface area contributed by atoms with E-state index in [1.54, 1.807) is 53.4 Å². The van der Waals surface area contributed by atoms with E-state index in [0.29, 0.717) is 42.4 Å². The number of urea groups is 1. The van der Waals surface area contributed by atoms with Crippen molar-refractivity contribution in [1.82, 2.24) is 4.90 Å². The molecular formula is C19H19N3O3. The molecule has 1 atom stereocenters. The summed E-state index contributed by atoms with van der Waals surface area (Å²) in [5, 5.41) is 11.7. The lowest BCUT2D eigenvalue weighted by atomic mass is 10.2. The number of nitrogens with zero attached hydrogens (tertiary/aromatic N) is 2. The van der Waals surface area contributed by atoms with Crippen molar-refractivity contribution in [3.63, 3.8) is 0 Å². The quantitative estimate of drug-likeness (QED) is 0.928. The maximum atomic E-state index is 12.3. The molecule has 1 aliphatic rings. The predicted octanol–water partition coefficient (Wildman–Crippen LogP) is 3.60. The first kappa shape index (κ1) is 16.8. The van der Waals surface area contributed by atoms with E-state index in [4.69, 9.17) is 14.7 Å². The third-order valence-corrected chi connectivity index (χ3v) is 3.85. The monoisotopic (exact) mass is 337 g/mol. The zero-order valence-electron chi connectivity index (χ0n) is 13.9. The van der Waals surface area contributed by atoms with E-state index in [0.717, 1.165) is 0 Å². The zero-order chi connectivity index (χ0) is 17.6.